The lowest BCUT2D eigenvalue weighted by Crippen LogP contribution is -2.09. The summed E-state index contributed by atoms with van der Waals surface area (Å²) in [5.41, 5.74) is 1.27. The van der Waals surface area contributed by atoms with Crippen LogP contribution in [0.4, 0.5) is 0 Å². The van der Waals surface area contributed by atoms with E-state index in [0.717, 1.165) is 6.42 Å². The van der Waals surface area contributed by atoms with Gasteiger partial charge < -0.3 is 4.74 Å². The normalized spacial score (nSPS) is 26.0. The van der Waals surface area contributed by atoms with E-state index in [1.807, 2.05) is 6.92 Å². The molecule has 1 unspecified atom stereocenters. The molecule has 13 heavy (non-hydrogen) atoms. The van der Waals surface area contributed by atoms with E-state index in [1.54, 1.807) is 6.08 Å². The largest absolute Gasteiger partial charge is 0.463 e. The molecule has 0 aromatic carbocycles. The van der Waals surface area contributed by atoms with Gasteiger partial charge in [-0.05, 0) is 32.1 Å². The molecule has 2 nitrogen and oxygen atoms in total. The number of allylic oxidation sites excluding steroid dienone is 1. The predicted octanol–water partition coefficient (Wildman–Crippen LogP) is 2.69. The van der Waals surface area contributed by atoms with Gasteiger partial charge in [0.15, 0.2) is 0 Å². The van der Waals surface area contributed by atoms with Crippen LogP contribution in [0.15, 0.2) is 11.6 Å². The fraction of sp³-hybridized carbons (Fsp3) is 0.727. The molecule has 0 aromatic heterocycles. The number of carbonyl (C=O) groups is 1. The van der Waals surface area contributed by atoms with Crippen LogP contribution in [0.3, 0.4) is 0 Å². The predicted molar refractivity (Wildman–Crippen MR) is 52.3 cm³/mol. The average molecular weight is 182 g/mol. The van der Waals surface area contributed by atoms with Crippen molar-refractivity contribution in [3.63, 3.8) is 0 Å². The highest BCUT2D eigenvalue weighted by Crippen LogP contribution is 2.28. The van der Waals surface area contributed by atoms with E-state index >= 15 is 0 Å². The summed E-state index contributed by atoms with van der Waals surface area (Å²) in [6.45, 7) is 4.49. The van der Waals surface area contributed by atoms with Gasteiger partial charge in [-0.2, -0.15) is 0 Å². The molecule has 1 aliphatic rings. The quantitative estimate of drug-likeness (QED) is 0.485. The standard InChI is InChI=1S/C11H18O2/c1-3-13-11(12)8-10-7-5-4-6-9(10)2/h8-9H,3-7H2,1-2H3/b10-8+. The third kappa shape index (κ3) is 3.21. The zero-order valence-electron chi connectivity index (χ0n) is 8.51. The number of hydrogen-bond donors (Lipinski definition) is 0. The zero-order valence-corrected chi connectivity index (χ0v) is 8.51. The topological polar surface area (TPSA) is 26.3 Å². The van der Waals surface area contributed by atoms with Crippen molar-refractivity contribution < 1.29 is 9.53 Å². The first kappa shape index (κ1) is 10.3. The van der Waals surface area contributed by atoms with Gasteiger partial charge in [0.05, 0.1) is 6.61 Å². The molecule has 0 saturated heterocycles. The Hall–Kier alpha value is -0.790. The molecule has 74 valence electrons. The Morgan fingerprint density at radius 2 is 2.38 bits per heavy atom. The Bertz CT molecular complexity index is 206. The average Bonchev–Trinajstić information content (AvgIpc) is 2.09. The van der Waals surface area contributed by atoms with Gasteiger partial charge >= 0.3 is 5.97 Å². The number of carbonyl (C=O) groups excluding carboxylic acids is 1. The molecule has 0 amide bonds. The highest BCUT2D eigenvalue weighted by Gasteiger charge is 2.15. The van der Waals surface area contributed by atoms with Crippen LogP contribution in [-0.4, -0.2) is 12.6 Å². The molecule has 1 aliphatic carbocycles. The number of esters is 1. The summed E-state index contributed by atoms with van der Waals surface area (Å²) in [6.07, 6.45) is 6.48. The fourth-order valence-corrected chi connectivity index (χ4v) is 1.76. The Morgan fingerprint density at radius 3 is 3.00 bits per heavy atom. The van der Waals surface area contributed by atoms with Crippen LogP contribution in [0, 0.1) is 5.92 Å². The molecule has 0 aromatic rings. The van der Waals surface area contributed by atoms with E-state index < -0.39 is 0 Å². The van der Waals surface area contributed by atoms with Crippen molar-refractivity contribution in [3.8, 4) is 0 Å². The van der Waals surface area contributed by atoms with Crippen molar-refractivity contribution in [1.82, 2.24) is 0 Å². The zero-order chi connectivity index (χ0) is 9.68. The van der Waals surface area contributed by atoms with Gasteiger partial charge in [-0.1, -0.05) is 18.9 Å². The SMILES string of the molecule is CCOC(=O)/C=C1\CCCCC1C. The van der Waals surface area contributed by atoms with E-state index in [2.05, 4.69) is 6.92 Å². The fourth-order valence-electron chi connectivity index (χ4n) is 1.76. The van der Waals surface area contributed by atoms with E-state index in [1.165, 1.54) is 24.8 Å². The van der Waals surface area contributed by atoms with Gasteiger partial charge in [0.2, 0.25) is 0 Å². The minimum absolute atomic E-state index is 0.175. The van der Waals surface area contributed by atoms with Crippen molar-refractivity contribution >= 4 is 5.97 Å². The summed E-state index contributed by atoms with van der Waals surface area (Å²) in [4.78, 5) is 11.2. The minimum Gasteiger partial charge on any atom is -0.463 e. The molecule has 0 aliphatic heterocycles. The lowest BCUT2D eigenvalue weighted by Gasteiger charge is -2.21. The van der Waals surface area contributed by atoms with Gasteiger partial charge in [0.25, 0.3) is 0 Å². The molecule has 2 heteroatoms. The Labute approximate surface area is 80.0 Å². The lowest BCUT2D eigenvalue weighted by atomic mass is 9.85. The van der Waals surface area contributed by atoms with Crippen LogP contribution in [-0.2, 0) is 9.53 Å². The molecule has 0 N–H and O–H groups in total. The number of hydrogen-bond acceptors (Lipinski definition) is 2. The summed E-state index contributed by atoms with van der Waals surface area (Å²) >= 11 is 0. The van der Waals surface area contributed by atoms with Crippen LogP contribution in [0.25, 0.3) is 0 Å². The van der Waals surface area contributed by atoms with Crippen molar-refractivity contribution in [1.29, 1.82) is 0 Å². The van der Waals surface area contributed by atoms with Crippen LogP contribution in [0.5, 0.6) is 0 Å². The molecule has 0 radical (unpaired) electrons. The van der Waals surface area contributed by atoms with Gasteiger partial charge in [-0.25, -0.2) is 4.79 Å². The van der Waals surface area contributed by atoms with Gasteiger partial charge in [0, 0.05) is 6.08 Å². The maximum Gasteiger partial charge on any atom is 0.330 e. The molecular weight excluding hydrogens is 164 g/mol. The van der Waals surface area contributed by atoms with Gasteiger partial charge in [-0.15, -0.1) is 0 Å². The molecule has 0 bridgehead atoms. The Morgan fingerprint density at radius 1 is 1.62 bits per heavy atom. The summed E-state index contributed by atoms with van der Waals surface area (Å²) in [5, 5.41) is 0. The Balaban J connectivity index is 2.52. The molecule has 1 rings (SSSR count). The van der Waals surface area contributed by atoms with Gasteiger partial charge in [-0.3, -0.25) is 0 Å². The highest BCUT2D eigenvalue weighted by atomic mass is 16.5. The molecule has 1 fully saturated rings. The summed E-state index contributed by atoms with van der Waals surface area (Å²) in [7, 11) is 0. The maximum atomic E-state index is 11.2. The van der Waals surface area contributed by atoms with E-state index in [0.29, 0.717) is 12.5 Å². The third-order valence-electron chi connectivity index (χ3n) is 2.58. The van der Waals surface area contributed by atoms with Crippen molar-refractivity contribution in [2.75, 3.05) is 6.61 Å². The second kappa shape index (κ2) is 5.05. The minimum atomic E-state index is -0.175. The summed E-state index contributed by atoms with van der Waals surface area (Å²) < 4.78 is 4.88. The number of rotatable bonds is 2. The summed E-state index contributed by atoms with van der Waals surface area (Å²) in [6, 6.07) is 0. The van der Waals surface area contributed by atoms with Gasteiger partial charge in [0.1, 0.15) is 0 Å². The first-order valence-corrected chi connectivity index (χ1v) is 5.11. The molecule has 0 spiro atoms. The first-order valence-electron chi connectivity index (χ1n) is 5.11. The van der Waals surface area contributed by atoms with E-state index in [4.69, 9.17) is 4.74 Å². The summed E-state index contributed by atoms with van der Waals surface area (Å²) in [5.74, 6) is 0.393. The molecule has 1 atom stereocenters. The number of ether oxygens (including phenoxy) is 1. The molecule has 0 heterocycles. The van der Waals surface area contributed by atoms with E-state index in [9.17, 15) is 4.79 Å². The van der Waals surface area contributed by atoms with Crippen molar-refractivity contribution in [3.05, 3.63) is 11.6 Å². The second-order valence-electron chi connectivity index (χ2n) is 3.62. The highest BCUT2D eigenvalue weighted by molar-refractivity contribution is 5.82. The maximum absolute atomic E-state index is 11.2. The van der Waals surface area contributed by atoms with Crippen LogP contribution >= 0.6 is 0 Å². The molecular formula is C11H18O2. The van der Waals surface area contributed by atoms with E-state index in [-0.39, 0.29) is 5.97 Å². The van der Waals surface area contributed by atoms with Crippen molar-refractivity contribution in [2.45, 2.75) is 39.5 Å². The van der Waals surface area contributed by atoms with Crippen LogP contribution in [0.1, 0.15) is 39.5 Å². The van der Waals surface area contributed by atoms with Crippen LogP contribution < -0.4 is 0 Å². The van der Waals surface area contributed by atoms with Crippen LogP contribution in [0.2, 0.25) is 0 Å². The first-order chi connectivity index (χ1) is 6.24. The smallest absolute Gasteiger partial charge is 0.330 e. The van der Waals surface area contributed by atoms with Crippen molar-refractivity contribution in [2.24, 2.45) is 5.92 Å². The second-order valence-corrected chi connectivity index (χ2v) is 3.62. The third-order valence-corrected chi connectivity index (χ3v) is 2.58. The monoisotopic (exact) mass is 182 g/mol. The Kier molecular flexibility index (Phi) is 4.00. The molecule has 1 saturated carbocycles. The lowest BCUT2D eigenvalue weighted by molar-refractivity contribution is -0.137.